The van der Waals surface area contributed by atoms with Crippen LogP contribution in [0, 0.1) is 0 Å². The highest BCUT2D eigenvalue weighted by atomic mass is 16.5. The van der Waals surface area contributed by atoms with E-state index in [4.69, 9.17) is 9.47 Å². The number of hydrogen-bond donors (Lipinski definition) is 1. The Hall–Kier alpha value is -2.00. The third-order valence-electron chi connectivity index (χ3n) is 5.92. The predicted molar refractivity (Wildman–Crippen MR) is 112 cm³/mol. The van der Waals surface area contributed by atoms with Gasteiger partial charge >= 0.3 is 0 Å². The van der Waals surface area contributed by atoms with Crippen LogP contribution in [0.5, 0.6) is 17.2 Å². The van der Waals surface area contributed by atoms with E-state index in [2.05, 4.69) is 59.7 Å². The zero-order valence-electron chi connectivity index (χ0n) is 17.8. The van der Waals surface area contributed by atoms with Gasteiger partial charge in [-0.25, -0.2) is 0 Å². The third-order valence-corrected chi connectivity index (χ3v) is 5.92. The molecular weight excluding hydrogens is 336 g/mol. The predicted octanol–water partition coefficient (Wildman–Crippen LogP) is 6.36. The van der Waals surface area contributed by atoms with Gasteiger partial charge in [0.1, 0.15) is 17.2 Å². The summed E-state index contributed by atoms with van der Waals surface area (Å²) in [4.78, 5) is 0. The highest BCUT2D eigenvalue weighted by Crippen LogP contribution is 2.41. The number of rotatable bonds is 8. The van der Waals surface area contributed by atoms with Crippen molar-refractivity contribution in [2.75, 3.05) is 7.11 Å². The SMILES string of the molecule is CCC(C)(C)c1ccc(Oc2ccc(OC)cc2CO)c(C(C)(C)CC)c1. The highest BCUT2D eigenvalue weighted by molar-refractivity contribution is 5.48. The lowest BCUT2D eigenvalue weighted by Crippen LogP contribution is -2.20. The molecule has 0 aliphatic rings. The molecule has 2 aromatic rings. The van der Waals surface area contributed by atoms with E-state index in [1.54, 1.807) is 7.11 Å². The monoisotopic (exact) mass is 370 g/mol. The zero-order valence-corrected chi connectivity index (χ0v) is 17.8. The fourth-order valence-electron chi connectivity index (χ4n) is 2.99. The molecule has 3 nitrogen and oxygen atoms in total. The van der Waals surface area contributed by atoms with Crippen molar-refractivity contribution in [2.45, 2.75) is 71.8 Å². The molecule has 0 unspecified atom stereocenters. The van der Waals surface area contributed by atoms with Gasteiger partial charge in [0.25, 0.3) is 0 Å². The van der Waals surface area contributed by atoms with Crippen LogP contribution < -0.4 is 9.47 Å². The minimum absolute atomic E-state index is 0.0129. The fraction of sp³-hybridized carbons (Fsp3) is 0.500. The third kappa shape index (κ3) is 4.65. The first-order chi connectivity index (χ1) is 12.7. The molecule has 0 fully saturated rings. The molecule has 3 heteroatoms. The van der Waals surface area contributed by atoms with Gasteiger partial charge in [0.05, 0.1) is 13.7 Å². The van der Waals surface area contributed by atoms with Crippen molar-refractivity contribution in [3.05, 3.63) is 53.1 Å². The Morgan fingerprint density at radius 3 is 2.04 bits per heavy atom. The van der Waals surface area contributed by atoms with E-state index in [1.165, 1.54) is 11.1 Å². The molecule has 0 saturated carbocycles. The van der Waals surface area contributed by atoms with Crippen molar-refractivity contribution in [1.29, 1.82) is 0 Å². The van der Waals surface area contributed by atoms with Crippen LogP contribution in [0.3, 0.4) is 0 Å². The first-order valence-electron chi connectivity index (χ1n) is 9.79. The van der Waals surface area contributed by atoms with Gasteiger partial charge in [0.2, 0.25) is 0 Å². The van der Waals surface area contributed by atoms with Crippen LogP contribution in [0.2, 0.25) is 0 Å². The van der Waals surface area contributed by atoms with Crippen LogP contribution in [0.4, 0.5) is 0 Å². The summed E-state index contributed by atoms with van der Waals surface area (Å²) in [7, 11) is 1.62. The summed E-state index contributed by atoms with van der Waals surface area (Å²) in [5.74, 6) is 2.21. The van der Waals surface area contributed by atoms with Crippen LogP contribution in [-0.4, -0.2) is 12.2 Å². The average Bonchev–Trinajstić information content (AvgIpc) is 2.68. The first kappa shape index (κ1) is 21.3. The summed E-state index contributed by atoms with van der Waals surface area (Å²) < 4.78 is 11.6. The number of aliphatic hydroxyl groups excluding tert-OH is 1. The van der Waals surface area contributed by atoms with E-state index in [0.717, 1.165) is 18.6 Å². The van der Waals surface area contributed by atoms with Crippen molar-refractivity contribution in [2.24, 2.45) is 0 Å². The quantitative estimate of drug-likeness (QED) is 0.588. The lowest BCUT2D eigenvalue weighted by molar-refractivity contribution is 0.275. The Labute approximate surface area is 164 Å². The van der Waals surface area contributed by atoms with Gasteiger partial charge in [-0.05, 0) is 53.5 Å². The molecule has 0 aromatic heterocycles. The normalized spacial score (nSPS) is 12.1. The first-order valence-corrected chi connectivity index (χ1v) is 9.79. The molecule has 0 saturated heterocycles. The molecule has 0 aliphatic carbocycles. The van der Waals surface area contributed by atoms with E-state index in [0.29, 0.717) is 17.1 Å². The van der Waals surface area contributed by atoms with Gasteiger partial charge in [-0.2, -0.15) is 0 Å². The molecule has 0 radical (unpaired) electrons. The largest absolute Gasteiger partial charge is 0.497 e. The van der Waals surface area contributed by atoms with Crippen molar-refractivity contribution in [3.63, 3.8) is 0 Å². The molecule has 1 N–H and O–H groups in total. The molecule has 0 heterocycles. The van der Waals surface area contributed by atoms with Gasteiger partial charge in [-0.3, -0.25) is 0 Å². The van der Waals surface area contributed by atoms with E-state index < -0.39 is 0 Å². The van der Waals surface area contributed by atoms with Gasteiger partial charge in [0, 0.05) is 11.1 Å². The minimum atomic E-state index is -0.0972. The average molecular weight is 371 g/mol. The number of aliphatic hydroxyl groups is 1. The minimum Gasteiger partial charge on any atom is -0.497 e. The zero-order chi connectivity index (χ0) is 20.2. The molecule has 0 bridgehead atoms. The molecule has 27 heavy (non-hydrogen) atoms. The molecule has 0 atom stereocenters. The molecular formula is C24H34O3. The number of ether oxygens (including phenoxy) is 2. The second kappa shape index (κ2) is 8.35. The van der Waals surface area contributed by atoms with E-state index >= 15 is 0 Å². The Balaban J connectivity index is 2.53. The van der Waals surface area contributed by atoms with Gasteiger partial charge in [-0.15, -0.1) is 0 Å². The van der Waals surface area contributed by atoms with Crippen LogP contribution >= 0.6 is 0 Å². The van der Waals surface area contributed by atoms with Crippen LogP contribution in [0.1, 0.15) is 71.1 Å². The maximum absolute atomic E-state index is 9.74. The molecule has 148 valence electrons. The second-order valence-corrected chi connectivity index (χ2v) is 8.42. The van der Waals surface area contributed by atoms with Crippen molar-refractivity contribution < 1.29 is 14.6 Å². The Morgan fingerprint density at radius 1 is 0.852 bits per heavy atom. The number of benzene rings is 2. The van der Waals surface area contributed by atoms with Crippen LogP contribution in [0.15, 0.2) is 36.4 Å². The van der Waals surface area contributed by atoms with E-state index in [9.17, 15) is 5.11 Å². The van der Waals surface area contributed by atoms with Crippen molar-refractivity contribution >= 4 is 0 Å². The van der Waals surface area contributed by atoms with E-state index in [1.807, 2.05) is 18.2 Å². The Bertz CT molecular complexity index is 775. The molecule has 2 rings (SSSR count). The van der Waals surface area contributed by atoms with Crippen LogP contribution in [0.25, 0.3) is 0 Å². The fourth-order valence-corrected chi connectivity index (χ4v) is 2.99. The Kier molecular flexibility index (Phi) is 6.59. The number of methoxy groups -OCH3 is 1. The van der Waals surface area contributed by atoms with Gasteiger partial charge < -0.3 is 14.6 Å². The molecule has 2 aromatic carbocycles. The van der Waals surface area contributed by atoms with Crippen molar-refractivity contribution in [1.82, 2.24) is 0 Å². The van der Waals surface area contributed by atoms with E-state index in [-0.39, 0.29) is 17.4 Å². The summed E-state index contributed by atoms with van der Waals surface area (Å²) in [6.45, 7) is 13.4. The standard InChI is InChI=1S/C24H34O3/c1-8-23(3,4)18-10-12-22(20(15-18)24(5,6)9-2)27-21-13-11-19(26-7)14-17(21)16-25/h10-15,25H,8-9,16H2,1-7H3. The van der Waals surface area contributed by atoms with Gasteiger partial charge in [-0.1, -0.05) is 53.7 Å². The Morgan fingerprint density at radius 2 is 1.48 bits per heavy atom. The molecule has 0 spiro atoms. The smallest absolute Gasteiger partial charge is 0.133 e. The lowest BCUT2D eigenvalue weighted by Gasteiger charge is -2.30. The highest BCUT2D eigenvalue weighted by Gasteiger charge is 2.27. The summed E-state index contributed by atoms with van der Waals surface area (Å²) in [6, 6.07) is 12.1. The summed E-state index contributed by atoms with van der Waals surface area (Å²) in [5, 5.41) is 9.74. The van der Waals surface area contributed by atoms with Gasteiger partial charge in [0.15, 0.2) is 0 Å². The molecule has 0 aliphatic heterocycles. The summed E-state index contributed by atoms with van der Waals surface area (Å²) >= 11 is 0. The molecule has 0 amide bonds. The summed E-state index contributed by atoms with van der Waals surface area (Å²) in [5.41, 5.74) is 3.34. The van der Waals surface area contributed by atoms with Crippen molar-refractivity contribution in [3.8, 4) is 17.2 Å². The van der Waals surface area contributed by atoms with Crippen LogP contribution in [-0.2, 0) is 17.4 Å². The second-order valence-electron chi connectivity index (χ2n) is 8.42. The maximum atomic E-state index is 9.74. The maximum Gasteiger partial charge on any atom is 0.133 e. The topological polar surface area (TPSA) is 38.7 Å². The lowest BCUT2D eigenvalue weighted by atomic mass is 9.76. The summed E-state index contributed by atoms with van der Waals surface area (Å²) in [6.07, 6.45) is 2.08. The number of hydrogen-bond acceptors (Lipinski definition) is 3.